The van der Waals surface area contributed by atoms with E-state index in [9.17, 15) is 0 Å². The van der Waals surface area contributed by atoms with Gasteiger partial charge in [-0.1, -0.05) is 20.8 Å². The van der Waals surface area contributed by atoms with Gasteiger partial charge in [-0.3, -0.25) is 0 Å². The maximum Gasteiger partial charge on any atom is 0.0112 e. The summed E-state index contributed by atoms with van der Waals surface area (Å²) in [5.41, 5.74) is 6.03. The van der Waals surface area contributed by atoms with Gasteiger partial charge in [0.15, 0.2) is 0 Å². The van der Waals surface area contributed by atoms with Gasteiger partial charge in [0.2, 0.25) is 0 Å². The van der Waals surface area contributed by atoms with Gasteiger partial charge in [-0.15, -0.1) is 0 Å². The van der Waals surface area contributed by atoms with Crippen LogP contribution in [-0.4, -0.2) is 30.1 Å². The average molecular weight is 198 g/mol. The van der Waals surface area contributed by atoms with Crippen LogP contribution in [0.3, 0.4) is 0 Å². The number of likely N-dealkylation sites (tertiary alicyclic amines) is 1. The van der Waals surface area contributed by atoms with Crippen LogP contribution in [0.4, 0.5) is 0 Å². The maximum absolute atomic E-state index is 6.03. The Labute approximate surface area is 88.8 Å². The molecular formula is C12H26N2. The molecule has 2 atom stereocenters. The minimum Gasteiger partial charge on any atom is -0.328 e. The first-order valence-electron chi connectivity index (χ1n) is 6.13. The lowest BCUT2D eigenvalue weighted by atomic mass is 9.91. The summed E-state index contributed by atoms with van der Waals surface area (Å²) in [4.78, 5) is 2.64. The van der Waals surface area contributed by atoms with Crippen LogP contribution in [0.1, 0.15) is 46.5 Å². The van der Waals surface area contributed by atoms with Gasteiger partial charge in [0.1, 0.15) is 0 Å². The number of piperidine rings is 1. The van der Waals surface area contributed by atoms with Crippen molar-refractivity contribution in [1.29, 1.82) is 0 Å². The molecule has 14 heavy (non-hydrogen) atoms. The average Bonchev–Trinajstić information content (AvgIpc) is 2.09. The van der Waals surface area contributed by atoms with Gasteiger partial charge in [-0.25, -0.2) is 0 Å². The first-order valence-corrected chi connectivity index (χ1v) is 6.13. The quantitative estimate of drug-likeness (QED) is 0.750. The van der Waals surface area contributed by atoms with Crippen molar-refractivity contribution in [3.8, 4) is 0 Å². The molecule has 0 radical (unpaired) electrons. The number of rotatable bonds is 4. The standard InChI is InChI=1S/C12H26N2/c1-4-6-14-7-5-11(13)9-12(14)8-10(2)3/h10-12H,4-9,13H2,1-3H3. The van der Waals surface area contributed by atoms with E-state index >= 15 is 0 Å². The van der Waals surface area contributed by atoms with Crippen molar-refractivity contribution in [1.82, 2.24) is 4.90 Å². The maximum atomic E-state index is 6.03. The third-order valence-electron chi connectivity index (χ3n) is 3.13. The summed E-state index contributed by atoms with van der Waals surface area (Å²) in [5, 5.41) is 0. The monoisotopic (exact) mass is 198 g/mol. The lowest BCUT2D eigenvalue weighted by molar-refractivity contribution is 0.118. The molecule has 0 aliphatic carbocycles. The van der Waals surface area contributed by atoms with Crippen molar-refractivity contribution < 1.29 is 0 Å². The van der Waals surface area contributed by atoms with Crippen LogP contribution in [0.5, 0.6) is 0 Å². The van der Waals surface area contributed by atoms with Crippen LogP contribution in [0, 0.1) is 5.92 Å². The first-order chi connectivity index (χ1) is 6.63. The number of hydrogen-bond acceptors (Lipinski definition) is 2. The normalized spacial score (nSPS) is 29.8. The lowest BCUT2D eigenvalue weighted by Gasteiger charge is -2.39. The van der Waals surface area contributed by atoms with Crippen molar-refractivity contribution in [2.24, 2.45) is 11.7 Å². The third-order valence-corrected chi connectivity index (χ3v) is 3.13. The molecule has 2 nitrogen and oxygen atoms in total. The molecule has 0 aromatic heterocycles. The van der Waals surface area contributed by atoms with Gasteiger partial charge < -0.3 is 10.6 Å². The summed E-state index contributed by atoms with van der Waals surface area (Å²) in [6.07, 6.45) is 4.98. The molecule has 1 rings (SSSR count). The fraction of sp³-hybridized carbons (Fsp3) is 1.00. The van der Waals surface area contributed by atoms with Crippen LogP contribution >= 0.6 is 0 Å². The molecule has 1 heterocycles. The Morgan fingerprint density at radius 3 is 2.71 bits per heavy atom. The summed E-state index contributed by atoms with van der Waals surface area (Å²) in [5.74, 6) is 0.796. The predicted octanol–water partition coefficient (Wildman–Crippen LogP) is 2.23. The number of nitrogens with two attached hydrogens (primary N) is 1. The van der Waals surface area contributed by atoms with Gasteiger partial charge in [-0.2, -0.15) is 0 Å². The Morgan fingerprint density at radius 2 is 2.14 bits per heavy atom. The highest BCUT2D eigenvalue weighted by molar-refractivity contribution is 4.83. The van der Waals surface area contributed by atoms with E-state index in [2.05, 4.69) is 25.7 Å². The van der Waals surface area contributed by atoms with Gasteiger partial charge in [-0.05, 0) is 44.7 Å². The fourth-order valence-electron chi connectivity index (χ4n) is 2.50. The van der Waals surface area contributed by atoms with Crippen molar-refractivity contribution in [2.45, 2.75) is 58.5 Å². The molecule has 0 saturated carbocycles. The molecule has 1 aliphatic rings. The zero-order chi connectivity index (χ0) is 10.6. The summed E-state index contributed by atoms with van der Waals surface area (Å²) >= 11 is 0. The van der Waals surface area contributed by atoms with Crippen LogP contribution in [0.15, 0.2) is 0 Å². The van der Waals surface area contributed by atoms with Crippen LogP contribution in [0.2, 0.25) is 0 Å². The van der Waals surface area contributed by atoms with Crippen molar-refractivity contribution >= 4 is 0 Å². The highest BCUT2D eigenvalue weighted by atomic mass is 15.2. The molecule has 0 aromatic carbocycles. The van der Waals surface area contributed by atoms with Gasteiger partial charge in [0, 0.05) is 12.1 Å². The largest absolute Gasteiger partial charge is 0.328 e. The molecule has 2 N–H and O–H groups in total. The zero-order valence-electron chi connectivity index (χ0n) is 10.00. The second-order valence-corrected chi connectivity index (χ2v) is 5.10. The molecule has 0 aromatic rings. The Bertz CT molecular complexity index is 154. The molecule has 0 spiro atoms. The van der Waals surface area contributed by atoms with Crippen molar-refractivity contribution in [2.75, 3.05) is 13.1 Å². The second-order valence-electron chi connectivity index (χ2n) is 5.10. The minimum absolute atomic E-state index is 0.451. The molecular weight excluding hydrogens is 172 g/mol. The van der Waals surface area contributed by atoms with Crippen LogP contribution in [-0.2, 0) is 0 Å². The van der Waals surface area contributed by atoms with Gasteiger partial charge >= 0.3 is 0 Å². The van der Waals surface area contributed by atoms with Crippen LogP contribution < -0.4 is 5.73 Å². The van der Waals surface area contributed by atoms with E-state index in [4.69, 9.17) is 5.73 Å². The Kier molecular flexibility index (Phi) is 4.90. The summed E-state index contributed by atoms with van der Waals surface area (Å²) in [7, 11) is 0. The van der Waals surface area contributed by atoms with Crippen LogP contribution in [0.25, 0.3) is 0 Å². The smallest absolute Gasteiger partial charge is 0.0112 e. The number of nitrogens with zero attached hydrogens (tertiary/aromatic N) is 1. The summed E-state index contributed by atoms with van der Waals surface area (Å²) in [6.45, 7) is 9.35. The van der Waals surface area contributed by atoms with Gasteiger partial charge in [0.05, 0.1) is 0 Å². The predicted molar refractivity (Wildman–Crippen MR) is 62.3 cm³/mol. The van der Waals surface area contributed by atoms with E-state index < -0.39 is 0 Å². The van der Waals surface area contributed by atoms with Gasteiger partial charge in [0.25, 0.3) is 0 Å². The van der Waals surface area contributed by atoms with Crippen molar-refractivity contribution in [3.05, 3.63) is 0 Å². The SMILES string of the molecule is CCCN1CCC(N)CC1CC(C)C. The first kappa shape index (κ1) is 12.0. The summed E-state index contributed by atoms with van der Waals surface area (Å²) in [6, 6.07) is 1.20. The molecule has 2 unspecified atom stereocenters. The zero-order valence-corrected chi connectivity index (χ0v) is 10.00. The highest BCUT2D eigenvalue weighted by Crippen LogP contribution is 2.22. The van der Waals surface area contributed by atoms with E-state index in [0.717, 1.165) is 12.0 Å². The Balaban J connectivity index is 2.45. The van der Waals surface area contributed by atoms with E-state index in [1.165, 1.54) is 38.8 Å². The second kappa shape index (κ2) is 5.72. The van der Waals surface area contributed by atoms with E-state index in [-0.39, 0.29) is 0 Å². The summed E-state index contributed by atoms with van der Waals surface area (Å²) < 4.78 is 0. The molecule has 2 heteroatoms. The fourth-order valence-corrected chi connectivity index (χ4v) is 2.50. The molecule has 1 saturated heterocycles. The third kappa shape index (κ3) is 3.58. The molecule has 1 fully saturated rings. The molecule has 0 amide bonds. The molecule has 84 valence electrons. The molecule has 1 aliphatic heterocycles. The minimum atomic E-state index is 0.451. The van der Waals surface area contributed by atoms with E-state index in [1.807, 2.05) is 0 Å². The Hall–Kier alpha value is -0.0800. The number of hydrogen-bond donors (Lipinski definition) is 1. The topological polar surface area (TPSA) is 29.3 Å². The van der Waals surface area contributed by atoms with E-state index in [1.54, 1.807) is 0 Å². The highest BCUT2D eigenvalue weighted by Gasteiger charge is 2.26. The Morgan fingerprint density at radius 1 is 1.43 bits per heavy atom. The van der Waals surface area contributed by atoms with Crippen molar-refractivity contribution in [3.63, 3.8) is 0 Å². The van der Waals surface area contributed by atoms with E-state index in [0.29, 0.717) is 6.04 Å². The molecule has 0 bridgehead atoms. The lowest BCUT2D eigenvalue weighted by Crippen LogP contribution is -2.47.